The zero-order valence-corrected chi connectivity index (χ0v) is 33.1. The van der Waals surface area contributed by atoms with Crippen LogP contribution in [0.15, 0.2) is 18.2 Å². The molecule has 0 bridgehead atoms. The van der Waals surface area contributed by atoms with Gasteiger partial charge >= 0.3 is 11.9 Å². The molecular formula is C42H62N2O9S. The number of thioether (sulfide) groups is 1. The van der Waals surface area contributed by atoms with Crippen LogP contribution in [0.5, 0.6) is 5.75 Å². The van der Waals surface area contributed by atoms with Crippen molar-refractivity contribution in [1.82, 2.24) is 10.2 Å². The molecular weight excluding hydrogens is 709 g/mol. The molecule has 3 fully saturated rings. The first-order valence-corrected chi connectivity index (χ1v) is 21.7. The van der Waals surface area contributed by atoms with Crippen molar-refractivity contribution in [3.05, 3.63) is 29.3 Å². The maximum atomic E-state index is 14.0. The Bertz CT molecular complexity index is 1450. The van der Waals surface area contributed by atoms with E-state index in [9.17, 15) is 34.2 Å². The number of likely N-dealkylation sites (tertiary alicyclic amines) is 1. The summed E-state index contributed by atoms with van der Waals surface area (Å²) in [7, 11) is 1.54. The first-order valence-electron chi connectivity index (χ1n) is 20.6. The van der Waals surface area contributed by atoms with Crippen LogP contribution < -0.4 is 10.1 Å². The Labute approximate surface area is 325 Å². The SMILES string of the molecule is CCCCC[C@H](O)CC[C@@H]1[C@H]2Cc3cccc(OCC(=O)O)c3C[C@H]2C[C@H]1OC(=O)C1CCCCC1C(=O)NCCCCCCSC1CC(=O)N(C)C1=O. The molecule has 0 aromatic heterocycles. The summed E-state index contributed by atoms with van der Waals surface area (Å²) in [6, 6.07) is 5.83. The summed E-state index contributed by atoms with van der Waals surface area (Å²) >= 11 is 1.55. The number of unbranched alkanes of at least 4 members (excludes halogenated alkanes) is 5. The molecule has 0 spiro atoms. The molecule has 1 aliphatic heterocycles. The number of benzene rings is 1. The van der Waals surface area contributed by atoms with Gasteiger partial charge in [-0.3, -0.25) is 24.1 Å². The third-order valence-electron chi connectivity index (χ3n) is 12.3. The highest BCUT2D eigenvalue weighted by Gasteiger charge is 2.48. The number of aliphatic carboxylic acids is 1. The van der Waals surface area contributed by atoms with E-state index in [0.717, 1.165) is 100 Å². The molecule has 12 heteroatoms. The quantitative estimate of drug-likeness (QED) is 0.0757. The largest absolute Gasteiger partial charge is 0.482 e. The van der Waals surface area contributed by atoms with Crippen LogP contribution in [-0.4, -0.2) is 88.2 Å². The minimum absolute atomic E-state index is 0.0723. The fourth-order valence-electron chi connectivity index (χ4n) is 9.31. The number of esters is 1. The van der Waals surface area contributed by atoms with Crippen molar-refractivity contribution in [3.8, 4) is 5.75 Å². The first-order chi connectivity index (χ1) is 26.1. The molecule has 2 saturated carbocycles. The molecule has 1 aromatic carbocycles. The summed E-state index contributed by atoms with van der Waals surface area (Å²) in [5.41, 5.74) is 2.19. The third kappa shape index (κ3) is 11.2. The number of hydrogen-bond acceptors (Lipinski definition) is 9. The number of hydrogen-bond donors (Lipinski definition) is 3. The van der Waals surface area contributed by atoms with Gasteiger partial charge in [-0.15, -0.1) is 11.8 Å². The Kier molecular flexibility index (Phi) is 16.1. The third-order valence-corrected chi connectivity index (χ3v) is 13.6. The number of carboxylic acids is 1. The second-order valence-electron chi connectivity index (χ2n) is 16.1. The van der Waals surface area contributed by atoms with Crippen molar-refractivity contribution in [2.45, 2.75) is 140 Å². The Morgan fingerprint density at radius 3 is 2.50 bits per heavy atom. The second-order valence-corrected chi connectivity index (χ2v) is 17.4. The van der Waals surface area contributed by atoms with Crippen molar-refractivity contribution in [3.63, 3.8) is 0 Å². The minimum atomic E-state index is -1.02. The fraction of sp³-hybridized carbons (Fsp3) is 0.738. The number of rotatable bonds is 21. The second kappa shape index (κ2) is 20.7. The molecule has 54 heavy (non-hydrogen) atoms. The number of ether oxygens (including phenoxy) is 2. The number of carbonyl (C=O) groups is 5. The zero-order chi connectivity index (χ0) is 38.6. The van der Waals surface area contributed by atoms with Crippen LogP contribution in [0.1, 0.15) is 121 Å². The van der Waals surface area contributed by atoms with Gasteiger partial charge < -0.3 is 25.0 Å². The van der Waals surface area contributed by atoms with E-state index in [1.807, 2.05) is 12.1 Å². The highest BCUT2D eigenvalue weighted by atomic mass is 32.2. The average molecular weight is 771 g/mol. The first kappa shape index (κ1) is 42.0. The molecule has 3 amide bonds. The van der Waals surface area contributed by atoms with E-state index >= 15 is 0 Å². The van der Waals surface area contributed by atoms with Crippen molar-refractivity contribution >= 4 is 41.4 Å². The molecule has 4 aliphatic rings. The molecule has 3 unspecified atom stereocenters. The molecule has 1 heterocycles. The van der Waals surface area contributed by atoms with Crippen LogP contribution in [0, 0.1) is 29.6 Å². The van der Waals surface area contributed by atoms with E-state index < -0.39 is 24.4 Å². The van der Waals surface area contributed by atoms with Gasteiger partial charge in [0.2, 0.25) is 17.7 Å². The van der Waals surface area contributed by atoms with E-state index in [1.165, 1.54) is 4.90 Å². The maximum Gasteiger partial charge on any atom is 0.341 e. The lowest BCUT2D eigenvalue weighted by Crippen LogP contribution is -2.42. The number of aliphatic hydroxyl groups excluding tert-OH is 1. The van der Waals surface area contributed by atoms with E-state index in [-0.39, 0.29) is 65.3 Å². The van der Waals surface area contributed by atoms with Crippen LogP contribution in [0.2, 0.25) is 0 Å². The number of imide groups is 1. The van der Waals surface area contributed by atoms with E-state index in [2.05, 4.69) is 18.3 Å². The number of nitrogens with one attached hydrogen (secondary N) is 1. The summed E-state index contributed by atoms with van der Waals surface area (Å²) in [6.45, 7) is 2.31. The standard InChI is InChI=1S/C42H62N2O9S/c1-3-4-7-14-29(45)18-19-30-33-22-27-13-12-17-35(52-26-39(47)48)34(27)23-28(33)24-36(30)53-42(51)32-16-9-8-15-31(32)40(49)43-20-10-5-6-11-21-54-37-25-38(46)44(2)41(37)50/h12-13,17,28-33,36-37,45H,3-11,14-16,18-26H2,1-2H3,(H,43,49)(H,47,48)/t28-,29-,30+,31?,32?,33-,36+,37?/m0/s1. The van der Waals surface area contributed by atoms with Crippen LogP contribution in [0.3, 0.4) is 0 Å². The van der Waals surface area contributed by atoms with Gasteiger partial charge in [0.05, 0.1) is 23.2 Å². The summed E-state index contributed by atoms with van der Waals surface area (Å²) in [5.74, 6) is -0.423. The van der Waals surface area contributed by atoms with Crippen LogP contribution in [0.4, 0.5) is 0 Å². The number of aliphatic hydroxyl groups is 1. The van der Waals surface area contributed by atoms with E-state index in [4.69, 9.17) is 9.47 Å². The normalized spacial score (nSPS) is 26.9. The molecule has 300 valence electrons. The van der Waals surface area contributed by atoms with E-state index in [0.29, 0.717) is 38.0 Å². The zero-order valence-electron chi connectivity index (χ0n) is 32.3. The predicted molar refractivity (Wildman–Crippen MR) is 207 cm³/mol. The van der Waals surface area contributed by atoms with Gasteiger partial charge in [-0.1, -0.05) is 64.0 Å². The average Bonchev–Trinajstić information content (AvgIpc) is 3.62. The Balaban J connectivity index is 1.14. The van der Waals surface area contributed by atoms with E-state index in [1.54, 1.807) is 18.8 Å². The van der Waals surface area contributed by atoms with Gasteiger partial charge in [-0.05, 0) is 105 Å². The number of fused-ring (bicyclic) bond motifs is 2. The van der Waals surface area contributed by atoms with Gasteiger partial charge in [0.1, 0.15) is 11.9 Å². The number of nitrogens with zero attached hydrogens (tertiary/aromatic N) is 1. The lowest BCUT2D eigenvalue weighted by molar-refractivity contribution is -0.162. The van der Waals surface area contributed by atoms with Gasteiger partial charge in [0, 0.05) is 20.0 Å². The van der Waals surface area contributed by atoms with Gasteiger partial charge in [0.25, 0.3) is 0 Å². The molecule has 1 saturated heterocycles. The summed E-state index contributed by atoms with van der Waals surface area (Å²) < 4.78 is 12.1. The smallest absolute Gasteiger partial charge is 0.341 e. The number of carboxylic acid groups (broad SMARTS) is 1. The molecule has 3 aliphatic carbocycles. The molecule has 1 aromatic rings. The van der Waals surface area contributed by atoms with Crippen LogP contribution in [0.25, 0.3) is 0 Å². The monoisotopic (exact) mass is 770 g/mol. The molecule has 11 nitrogen and oxygen atoms in total. The molecule has 3 N–H and O–H groups in total. The Morgan fingerprint density at radius 1 is 0.981 bits per heavy atom. The van der Waals surface area contributed by atoms with Gasteiger partial charge in [-0.25, -0.2) is 4.79 Å². The topological polar surface area (TPSA) is 160 Å². The summed E-state index contributed by atoms with van der Waals surface area (Å²) in [6.07, 6.45) is 14.0. The van der Waals surface area contributed by atoms with Crippen molar-refractivity contribution < 1.29 is 43.7 Å². The van der Waals surface area contributed by atoms with Crippen molar-refractivity contribution in [1.29, 1.82) is 0 Å². The Morgan fingerprint density at radius 2 is 1.76 bits per heavy atom. The summed E-state index contributed by atoms with van der Waals surface area (Å²) in [4.78, 5) is 63.8. The highest BCUT2D eigenvalue weighted by Crippen LogP contribution is 2.50. The number of amides is 3. The minimum Gasteiger partial charge on any atom is -0.482 e. The lowest BCUT2D eigenvalue weighted by Gasteiger charge is -2.33. The van der Waals surface area contributed by atoms with Crippen LogP contribution in [-0.2, 0) is 41.6 Å². The predicted octanol–water partition coefficient (Wildman–Crippen LogP) is 6.11. The van der Waals surface area contributed by atoms with Crippen molar-refractivity contribution in [2.24, 2.45) is 29.6 Å². The van der Waals surface area contributed by atoms with Gasteiger partial charge in [-0.2, -0.15) is 0 Å². The molecule has 5 rings (SSSR count). The maximum absolute atomic E-state index is 14.0. The number of carbonyl (C=O) groups excluding carboxylic acids is 4. The highest BCUT2D eigenvalue weighted by molar-refractivity contribution is 8.00. The lowest BCUT2D eigenvalue weighted by atomic mass is 9.73. The van der Waals surface area contributed by atoms with Crippen LogP contribution >= 0.6 is 11.8 Å². The fourth-order valence-corrected chi connectivity index (χ4v) is 10.5. The van der Waals surface area contributed by atoms with Gasteiger partial charge in [0.15, 0.2) is 6.61 Å². The molecule has 8 atom stereocenters. The summed E-state index contributed by atoms with van der Waals surface area (Å²) in [5, 5.41) is 22.9. The van der Waals surface area contributed by atoms with Crippen molar-refractivity contribution in [2.75, 3.05) is 26.0 Å². The molecule has 0 radical (unpaired) electrons. The Hall–Kier alpha value is -3.12.